The maximum Gasteiger partial charge on any atom is 0.318 e. The largest absolute Gasteiger partial charge is 0.329 e. The molecule has 0 aliphatic carbocycles. The highest BCUT2D eigenvalue weighted by Gasteiger charge is 2.29. The highest BCUT2D eigenvalue weighted by atomic mass is 35.5. The van der Waals surface area contributed by atoms with Gasteiger partial charge in [0.15, 0.2) is 0 Å². The molecule has 0 aromatic heterocycles. The van der Waals surface area contributed by atoms with Gasteiger partial charge in [-0.05, 0) is 43.5 Å². The van der Waals surface area contributed by atoms with Crippen LogP contribution in [0, 0.1) is 0 Å². The van der Waals surface area contributed by atoms with Gasteiger partial charge in [0.25, 0.3) is 0 Å². The van der Waals surface area contributed by atoms with Crippen LogP contribution in [0.1, 0.15) is 44.4 Å². The van der Waals surface area contributed by atoms with Gasteiger partial charge in [-0.1, -0.05) is 61.0 Å². The van der Waals surface area contributed by atoms with Crippen molar-refractivity contribution in [2.24, 2.45) is 0 Å². The van der Waals surface area contributed by atoms with Crippen molar-refractivity contribution < 1.29 is 4.79 Å². The fraction of sp³-hybridized carbons (Fsp3) is 0.350. The fourth-order valence-corrected chi connectivity index (χ4v) is 2.76. The van der Waals surface area contributed by atoms with Crippen LogP contribution in [-0.2, 0) is 5.54 Å². The Balaban J connectivity index is 2.13. The molecule has 0 fully saturated rings. The summed E-state index contributed by atoms with van der Waals surface area (Å²) >= 11 is 5.94. The summed E-state index contributed by atoms with van der Waals surface area (Å²) in [6.07, 6.45) is 0.811. The molecule has 2 unspecified atom stereocenters. The predicted molar refractivity (Wildman–Crippen MR) is 100 cm³/mol. The molecule has 0 bridgehead atoms. The highest BCUT2D eigenvalue weighted by molar-refractivity contribution is 6.30. The minimum absolute atomic E-state index is 0.0425. The zero-order valence-electron chi connectivity index (χ0n) is 14.7. The Morgan fingerprint density at radius 3 is 2.29 bits per heavy atom. The molecule has 2 atom stereocenters. The average Bonchev–Trinajstić information content (AvgIpc) is 2.61. The van der Waals surface area contributed by atoms with Crippen LogP contribution in [0.5, 0.6) is 0 Å². The van der Waals surface area contributed by atoms with Crippen LogP contribution in [0.2, 0.25) is 5.02 Å². The lowest BCUT2D eigenvalue weighted by atomic mass is 9.89. The van der Waals surface area contributed by atoms with Gasteiger partial charge in [-0.15, -0.1) is 0 Å². The van der Waals surface area contributed by atoms with E-state index < -0.39 is 5.54 Å². The normalized spacial score (nSPS) is 14.5. The van der Waals surface area contributed by atoms with E-state index in [0.717, 1.165) is 17.5 Å². The third-order valence-electron chi connectivity index (χ3n) is 4.75. The van der Waals surface area contributed by atoms with Crippen LogP contribution in [-0.4, -0.2) is 18.0 Å². The number of carbonyl (C=O) groups excluding carboxylic acids is 1. The Kier molecular flexibility index (Phi) is 5.89. The number of halogens is 1. The van der Waals surface area contributed by atoms with Gasteiger partial charge in [0, 0.05) is 12.1 Å². The first-order valence-electron chi connectivity index (χ1n) is 8.23. The summed E-state index contributed by atoms with van der Waals surface area (Å²) in [5.74, 6) is 0. The Morgan fingerprint density at radius 1 is 1.17 bits per heavy atom. The van der Waals surface area contributed by atoms with E-state index in [1.54, 1.807) is 4.90 Å². The lowest BCUT2D eigenvalue weighted by molar-refractivity contribution is 0.180. The second-order valence-corrected chi connectivity index (χ2v) is 6.76. The molecule has 4 heteroatoms. The van der Waals surface area contributed by atoms with Crippen molar-refractivity contribution in [3.8, 4) is 0 Å². The summed E-state index contributed by atoms with van der Waals surface area (Å²) in [5.41, 5.74) is 1.76. The summed E-state index contributed by atoms with van der Waals surface area (Å²) in [4.78, 5) is 14.5. The number of rotatable bonds is 5. The Labute approximate surface area is 149 Å². The second kappa shape index (κ2) is 7.71. The summed E-state index contributed by atoms with van der Waals surface area (Å²) in [6.45, 7) is 6.14. The minimum Gasteiger partial charge on any atom is -0.329 e. The molecule has 2 amide bonds. The molecule has 2 aromatic carbocycles. The van der Waals surface area contributed by atoms with Crippen molar-refractivity contribution in [3.05, 3.63) is 70.7 Å². The molecule has 0 aliphatic heterocycles. The average molecular weight is 345 g/mol. The molecule has 128 valence electrons. The number of nitrogens with one attached hydrogen (secondary N) is 1. The van der Waals surface area contributed by atoms with Crippen molar-refractivity contribution >= 4 is 17.6 Å². The van der Waals surface area contributed by atoms with Crippen LogP contribution in [0.4, 0.5) is 4.79 Å². The maximum atomic E-state index is 12.8. The van der Waals surface area contributed by atoms with Gasteiger partial charge in [-0.2, -0.15) is 0 Å². The highest BCUT2D eigenvalue weighted by Crippen LogP contribution is 2.26. The predicted octanol–water partition coefficient (Wildman–Crippen LogP) is 5.37. The first-order chi connectivity index (χ1) is 11.4. The van der Waals surface area contributed by atoms with Gasteiger partial charge in [-0.3, -0.25) is 0 Å². The lowest BCUT2D eigenvalue weighted by Crippen LogP contribution is -2.49. The van der Waals surface area contributed by atoms with Crippen molar-refractivity contribution in [3.63, 3.8) is 0 Å². The van der Waals surface area contributed by atoms with Crippen molar-refractivity contribution in [2.45, 2.75) is 38.8 Å². The molecule has 0 heterocycles. The van der Waals surface area contributed by atoms with Gasteiger partial charge in [0.2, 0.25) is 0 Å². The standard InChI is InChI=1S/C20H25ClN2O/c1-5-20(3,17-9-7-6-8-10-17)22-19(24)23(4)15(2)16-11-13-18(21)14-12-16/h6-15H,5H2,1-4H3,(H,22,24). The number of hydrogen-bond donors (Lipinski definition) is 1. The number of amides is 2. The molecular weight excluding hydrogens is 320 g/mol. The van der Waals surface area contributed by atoms with Gasteiger partial charge >= 0.3 is 6.03 Å². The molecule has 1 N–H and O–H groups in total. The third kappa shape index (κ3) is 4.09. The molecular formula is C20H25ClN2O. The summed E-state index contributed by atoms with van der Waals surface area (Å²) in [7, 11) is 1.82. The van der Waals surface area contributed by atoms with E-state index in [1.807, 2.05) is 68.6 Å². The quantitative estimate of drug-likeness (QED) is 0.777. The second-order valence-electron chi connectivity index (χ2n) is 6.32. The molecule has 0 spiro atoms. The smallest absolute Gasteiger partial charge is 0.318 e. The van der Waals surface area contributed by atoms with E-state index in [2.05, 4.69) is 19.2 Å². The summed E-state index contributed by atoms with van der Waals surface area (Å²) < 4.78 is 0. The molecule has 3 nitrogen and oxygen atoms in total. The van der Waals surface area contributed by atoms with E-state index in [0.29, 0.717) is 5.02 Å². The molecule has 24 heavy (non-hydrogen) atoms. The van der Waals surface area contributed by atoms with E-state index in [9.17, 15) is 4.79 Å². The van der Waals surface area contributed by atoms with Crippen LogP contribution >= 0.6 is 11.6 Å². The van der Waals surface area contributed by atoms with Crippen molar-refractivity contribution in [2.75, 3.05) is 7.05 Å². The molecule has 2 aromatic rings. The molecule has 0 radical (unpaired) electrons. The Bertz CT molecular complexity index is 672. The zero-order valence-corrected chi connectivity index (χ0v) is 15.5. The molecule has 0 aliphatic rings. The SMILES string of the molecule is CCC(C)(NC(=O)N(C)C(C)c1ccc(Cl)cc1)c1ccccc1. The van der Waals surface area contributed by atoms with E-state index in [-0.39, 0.29) is 12.1 Å². The minimum atomic E-state index is -0.397. The zero-order chi connectivity index (χ0) is 17.7. The van der Waals surface area contributed by atoms with Gasteiger partial charge in [0.05, 0.1) is 11.6 Å². The van der Waals surface area contributed by atoms with Crippen LogP contribution in [0.3, 0.4) is 0 Å². The number of urea groups is 1. The Hall–Kier alpha value is -2.00. The number of carbonyl (C=O) groups is 1. The summed E-state index contributed by atoms with van der Waals surface area (Å²) in [5, 5.41) is 3.88. The topological polar surface area (TPSA) is 32.3 Å². The lowest BCUT2D eigenvalue weighted by Gasteiger charge is -2.34. The molecule has 0 saturated carbocycles. The first-order valence-corrected chi connectivity index (χ1v) is 8.61. The fourth-order valence-electron chi connectivity index (χ4n) is 2.64. The molecule has 0 saturated heterocycles. The summed E-state index contributed by atoms with van der Waals surface area (Å²) in [6, 6.07) is 17.5. The molecule has 2 rings (SSSR count). The van der Waals surface area contributed by atoms with Crippen molar-refractivity contribution in [1.82, 2.24) is 10.2 Å². The van der Waals surface area contributed by atoms with E-state index in [1.165, 1.54) is 0 Å². The van der Waals surface area contributed by atoms with Crippen LogP contribution in [0.25, 0.3) is 0 Å². The van der Waals surface area contributed by atoms with Gasteiger partial charge in [-0.25, -0.2) is 4.79 Å². The third-order valence-corrected chi connectivity index (χ3v) is 5.01. The number of nitrogens with zero attached hydrogens (tertiary/aromatic N) is 1. The first kappa shape index (κ1) is 18.3. The monoisotopic (exact) mass is 344 g/mol. The van der Waals surface area contributed by atoms with E-state index >= 15 is 0 Å². The van der Waals surface area contributed by atoms with E-state index in [4.69, 9.17) is 11.6 Å². The maximum absolute atomic E-state index is 12.8. The Morgan fingerprint density at radius 2 is 1.75 bits per heavy atom. The van der Waals surface area contributed by atoms with Gasteiger partial charge < -0.3 is 10.2 Å². The van der Waals surface area contributed by atoms with Gasteiger partial charge in [0.1, 0.15) is 0 Å². The number of hydrogen-bond acceptors (Lipinski definition) is 1. The van der Waals surface area contributed by atoms with Crippen molar-refractivity contribution in [1.29, 1.82) is 0 Å². The number of benzene rings is 2. The van der Waals surface area contributed by atoms with Crippen LogP contribution in [0.15, 0.2) is 54.6 Å². The van der Waals surface area contributed by atoms with Crippen LogP contribution < -0.4 is 5.32 Å².